The number of carboxylic acids is 1. The molecule has 6 nitrogen and oxygen atoms in total. The zero-order valence-corrected chi connectivity index (χ0v) is 15.2. The van der Waals surface area contributed by atoms with Crippen molar-refractivity contribution in [3.63, 3.8) is 0 Å². The lowest BCUT2D eigenvalue weighted by Gasteiger charge is -2.30. The van der Waals surface area contributed by atoms with Gasteiger partial charge in [-0.2, -0.15) is 0 Å². The third-order valence-electron chi connectivity index (χ3n) is 5.08. The molecule has 142 valence electrons. The Kier molecular flexibility index (Phi) is 4.93. The highest BCUT2D eigenvalue weighted by molar-refractivity contribution is 6.00. The van der Waals surface area contributed by atoms with E-state index in [0.717, 1.165) is 5.56 Å². The summed E-state index contributed by atoms with van der Waals surface area (Å²) in [6, 6.07) is 16.9. The first-order chi connectivity index (χ1) is 13.6. The van der Waals surface area contributed by atoms with E-state index in [0.29, 0.717) is 48.7 Å². The Labute approximate surface area is 162 Å². The fourth-order valence-electron chi connectivity index (χ4n) is 3.49. The number of aliphatic carboxylic acids is 1. The molecular formula is C22H20N2O4. The van der Waals surface area contributed by atoms with Crippen LogP contribution in [0.5, 0.6) is 0 Å². The van der Waals surface area contributed by atoms with Crippen LogP contribution in [0.4, 0.5) is 0 Å². The quantitative estimate of drug-likeness (QED) is 0.745. The van der Waals surface area contributed by atoms with Gasteiger partial charge in [-0.15, -0.1) is 0 Å². The molecule has 2 aromatic carbocycles. The smallest absolute Gasteiger partial charge is 0.306 e. The lowest BCUT2D eigenvalue weighted by molar-refractivity contribution is -0.143. The lowest BCUT2D eigenvalue weighted by atomic mass is 9.96. The monoisotopic (exact) mass is 376 g/mol. The van der Waals surface area contributed by atoms with Crippen LogP contribution in [0.3, 0.4) is 0 Å². The van der Waals surface area contributed by atoms with E-state index in [2.05, 4.69) is 4.98 Å². The summed E-state index contributed by atoms with van der Waals surface area (Å²) < 4.78 is 5.92. The summed E-state index contributed by atoms with van der Waals surface area (Å²) in [5, 5.41) is 9.15. The highest BCUT2D eigenvalue weighted by Gasteiger charge is 2.29. The number of amides is 1. The van der Waals surface area contributed by atoms with Gasteiger partial charge < -0.3 is 14.4 Å². The first kappa shape index (κ1) is 18.0. The van der Waals surface area contributed by atoms with Gasteiger partial charge in [-0.3, -0.25) is 9.59 Å². The predicted molar refractivity (Wildman–Crippen MR) is 104 cm³/mol. The molecule has 0 unspecified atom stereocenters. The van der Waals surface area contributed by atoms with E-state index in [1.807, 2.05) is 48.5 Å². The van der Waals surface area contributed by atoms with Crippen LogP contribution in [0, 0.1) is 5.92 Å². The Balaban J connectivity index is 1.59. The zero-order chi connectivity index (χ0) is 19.5. The first-order valence-electron chi connectivity index (χ1n) is 9.26. The molecule has 0 spiro atoms. The molecule has 0 bridgehead atoms. The Morgan fingerprint density at radius 2 is 1.68 bits per heavy atom. The number of hydrogen-bond acceptors (Lipinski definition) is 4. The standard InChI is InChI=1S/C22H20N2O4/c25-21(24-12-10-16(11-13-24)22(26)27)18-9-5-4-8-17(18)20-23-14-19(28-20)15-6-2-1-3-7-15/h1-9,14,16H,10-13H2,(H,26,27). The molecule has 1 saturated heterocycles. The number of likely N-dealkylation sites (tertiary alicyclic amines) is 1. The van der Waals surface area contributed by atoms with Crippen LogP contribution in [-0.2, 0) is 4.79 Å². The van der Waals surface area contributed by atoms with Gasteiger partial charge >= 0.3 is 5.97 Å². The summed E-state index contributed by atoms with van der Waals surface area (Å²) in [5.74, 6) is -0.262. The third kappa shape index (κ3) is 3.53. The second-order valence-electron chi connectivity index (χ2n) is 6.85. The highest BCUT2D eigenvalue weighted by atomic mass is 16.4. The Hall–Kier alpha value is -3.41. The molecule has 0 atom stereocenters. The molecule has 1 N–H and O–H groups in total. The van der Waals surface area contributed by atoms with Crippen molar-refractivity contribution >= 4 is 11.9 Å². The summed E-state index contributed by atoms with van der Waals surface area (Å²) in [6.07, 6.45) is 2.60. The Morgan fingerprint density at radius 1 is 1.00 bits per heavy atom. The second kappa shape index (κ2) is 7.68. The van der Waals surface area contributed by atoms with Gasteiger partial charge in [0.25, 0.3) is 5.91 Å². The van der Waals surface area contributed by atoms with Gasteiger partial charge in [-0.25, -0.2) is 4.98 Å². The van der Waals surface area contributed by atoms with Crippen molar-refractivity contribution < 1.29 is 19.1 Å². The molecule has 3 aromatic rings. The van der Waals surface area contributed by atoms with Crippen molar-refractivity contribution in [1.82, 2.24) is 9.88 Å². The molecule has 0 saturated carbocycles. The van der Waals surface area contributed by atoms with Gasteiger partial charge in [-0.1, -0.05) is 42.5 Å². The van der Waals surface area contributed by atoms with Gasteiger partial charge in [-0.05, 0) is 25.0 Å². The normalized spacial score (nSPS) is 14.8. The fourth-order valence-corrected chi connectivity index (χ4v) is 3.49. The van der Waals surface area contributed by atoms with E-state index in [-0.39, 0.29) is 11.8 Å². The minimum absolute atomic E-state index is 0.126. The van der Waals surface area contributed by atoms with Gasteiger partial charge in [0, 0.05) is 24.2 Å². The Bertz CT molecular complexity index is 989. The average Bonchev–Trinajstić information content (AvgIpc) is 3.24. The fraction of sp³-hybridized carbons (Fsp3) is 0.227. The van der Waals surface area contributed by atoms with Gasteiger partial charge in [0.1, 0.15) is 0 Å². The van der Waals surface area contributed by atoms with Gasteiger partial charge in [0.2, 0.25) is 5.89 Å². The number of carbonyl (C=O) groups excluding carboxylic acids is 1. The number of hydrogen-bond donors (Lipinski definition) is 1. The van der Waals surface area contributed by atoms with Crippen LogP contribution in [0.15, 0.2) is 65.2 Å². The molecule has 0 radical (unpaired) electrons. The van der Waals surface area contributed by atoms with Crippen LogP contribution in [0.25, 0.3) is 22.8 Å². The van der Waals surface area contributed by atoms with Crippen LogP contribution < -0.4 is 0 Å². The molecular weight excluding hydrogens is 356 g/mol. The van der Waals surface area contributed by atoms with Gasteiger partial charge in [0.05, 0.1) is 17.7 Å². The van der Waals surface area contributed by atoms with Crippen LogP contribution in [0.1, 0.15) is 23.2 Å². The molecule has 0 aliphatic carbocycles. The molecule has 2 heterocycles. The lowest BCUT2D eigenvalue weighted by Crippen LogP contribution is -2.40. The van der Waals surface area contributed by atoms with E-state index in [1.54, 1.807) is 17.2 Å². The summed E-state index contributed by atoms with van der Waals surface area (Å²) in [5.41, 5.74) is 2.06. The largest absolute Gasteiger partial charge is 0.481 e. The highest BCUT2D eigenvalue weighted by Crippen LogP contribution is 2.29. The number of carbonyl (C=O) groups is 2. The van der Waals surface area contributed by atoms with Crippen molar-refractivity contribution in [2.75, 3.05) is 13.1 Å². The zero-order valence-electron chi connectivity index (χ0n) is 15.2. The minimum atomic E-state index is -0.791. The van der Waals surface area contributed by atoms with E-state index in [4.69, 9.17) is 9.52 Å². The summed E-state index contributed by atoms with van der Waals surface area (Å²) in [7, 11) is 0. The molecule has 6 heteroatoms. The SMILES string of the molecule is O=C(O)C1CCN(C(=O)c2ccccc2-c2ncc(-c3ccccc3)o2)CC1. The molecule has 1 aliphatic heterocycles. The number of rotatable bonds is 4. The van der Waals surface area contributed by atoms with Crippen molar-refractivity contribution in [3.05, 3.63) is 66.4 Å². The number of oxazole rings is 1. The molecule has 1 aromatic heterocycles. The van der Waals surface area contributed by atoms with E-state index in [1.165, 1.54) is 0 Å². The maximum Gasteiger partial charge on any atom is 0.306 e. The minimum Gasteiger partial charge on any atom is -0.481 e. The molecule has 1 amide bonds. The topological polar surface area (TPSA) is 83.6 Å². The van der Waals surface area contributed by atoms with E-state index in [9.17, 15) is 9.59 Å². The van der Waals surface area contributed by atoms with E-state index >= 15 is 0 Å². The molecule has 1 fully saturated rings. The summed E-state index contributed by atoms with van der Waals surface area (Å²) in [4.78, 5) is 30.3. The number of piperidine rings is 1. The second-order valence-corrected chi connectivity index (χ2v) is 6.85. The van der Waals surface area contributed by atoms with Crippen LogP contribution >= 0.6 is 0 Å². The van der Waals surface area contributed by atoms with Crippen molar-refractivity contribution in [3.8, 4) is 22.8 Å². The molecule has 4 rings (SSSR count). The third-order valence-corrected chi connectivity index (χ3v) is 5.08. The average molecular weight is 376 g/mol. The van der Waals surface area contributed by atoms with Crippen molar-refractivity contribution in [2.24, 2.45) is 5.92 Å². The van der Waals surface area contributed by atoms with Crippen molar-refractivity contribution in [1.29, 1.82) is 0 Å². The maximum atomic E-state index is 13.1. The number of nitrogens with zero attached hydrogens (tertiary/aromatic N) is 2. The maximum absolute atomic E-state index is 13.1. The molecule has 1 aliphatic rings. The summed E-state index contributed by atoms with van der Waals surface area (Å²) >= 11 is 0. The number of carboxylic acid groups (broad SMARTS) is 1. The molecule has 28 heavy (non-hydrogen) atoms. The summed E-state index contributed by atoms with van der Waals surface area (Å²) in [6.45, 7) is 0.871. The van der Waals surface area contributed by atoms with Crippen LogP contribution in [0.2, 0.25) is 0 Å². The van der Waals surface area contributed by atoms with Crippen molar-refractivity contribution in [2.45, 2.75) is 12.8 Å². The number of benzene rings is 2. The predicted octanol–water partition coefficient (Wildman–Crippen LogP) is 3.95. The first-order valence-corrected chi connectivity index (χ1v) is 9.26. The van der Waals surface area contributed by atoms with Gasteiger partial charge in [0.15, 0.2) is 5.76 Å². The van der Waals surface area contributed by atoms with Crippen LogP contribution in [-0.4, -0.2) is 40.0 Å². The Morgan fingerprint density at radius 3 is 2.39 bits per heavy atom. The van der Waals surface area contributed by atoms with E-state index < -0.39 is 5.97 Å². The number of aromatic nitrogens is 1.